The molecule has 5 rings (SSSR count). The number of hydrogen-bond donors (Lipinski definition) is 2. The van der Waals surface area contributed by atoms with Gasteiger partial charge in [0.25, 0.3) is 0 Å². The molecule has 3 aromatic heterocycles. The molecule has 9 nitrogen and oxygen atoms in total. The molecule has 30 heavy (non-hydrogen) atoms. The fourth-order valence-electron chi connectivity index (χ4n) is 3.93. The molecule has 2 N–H and O–H groups in total. The van der Waals surface area contributed by atoms with Crippen LogP contribution in [0.25, 0.3) is 5.65 Å². The van der Waals surface area contributed by atoms with Gasteiger partial charge in [-0.25, -0.2) is 14.4 Å². The normalized spacial score (nSPS) is 15.2. The molecule has 0 bridgehead atoms. The fourth-order valence-corrected chi connectivity index (χ4v) is 3.93. The van der Waals surface area contributed by atoms with Gasteiger partial charge in [0.15, 0.2) is 5.65 Å². The van der Waals surface area contributed by atoms with E-state index in [1.165, 1.54) is 12.4 Å². The molecule has 1 aromatic carbocycles. The number of anilines is 1. The van der Waals surface area contributed by atoms with Crippen molar-refractivity contribution in [1.82, 2.24) is 34.9 Å². The van der Waals surface area contributed by atoms with E-state index in [-0.39, 0.29) is 18.3 Å². The van der Waals surface area contributed by atoms with Crippen LogP contribution in [-0.4, -0.2) is 48.5 Å². The third kappa shape index (κ3) is 3.15. The van der Waals surface area contributed by atoms with E-state index in [2.05, 4.69) is 35.4 Å². The van der Waals surface area contributed by atoms with Crippen LogP contribution in [0.4, 0.5) is 10.2 Å². The largest absolute Gasteiger partial charge is 0.354 e. The third-order valence-electron chi connectivity index (χ3n) is 5.46. The van der Waals surface area contributed by atoms with Crippen molar-refractivity contribution in [2.45, 2.75) is 13.0 Å². The van der Waals surface area contributed by atoms with Gasteiger partial charge in [-0.1, -0.05) is 18.2 Å². The number of aromatic nitrogens is 6. The van der Waals surface area contributed by atoms with Crippen molar-refractivity contribution in [3.63, 3.8) is 0 Å². The van der Waals surface area contributed by atoms with Crippen molar-refractivity contribution in [3.8, 4) is 0 Å². The van der Waals surface area contributed by atoms with Crippen LogP contribution in [0.5, 0.6) is 0 Å². The first kappa shape index (κ1) is 18.2. The van der Waals surface area contributed by atoms with E-state index in [1.807, 2.05) is 10.6 Å². The highest BCUT2D eigenvalue weighted by Gasteiger charge is 2.50. The second-order valence-corrected chi connectivity index (χ2v) is 7.44. The lowest BCUT2D eigenvalue weighted by Gasteiger charge is -2.50. The average Bonchev–Trinajstić information content (AvgIpc) is 3.41. The van der Waals surface area contributed by atoms with E-state index in [0.717, 1.165) is 11.5 Å². The number of benzene rings is 1. The van der Waals surface area contributed by atoms with Gasteiger partial charge in [-0.15, -0.1) is 0 Å². The summed E-state index contributed by atoms with van der Waals surface area (Å²) in [6.07, 6.45) is 8.67. The molecule has 10 heteroatoms. The van der Waals surface area contributed by atoms with E-state index in [1.54, 1.807) is 36.8 Å². The number of carbonyl (C=O) groups excluding carboxylic acids is 1. The summed E-state index contributed by atoms with van der Waals surface area (Å²) in [6.45, 7) is 1.10. The zero-order chi connectivity index (χ0) is 20.6. The Labute approximate surface area is 171 Å². The number of carbonyl (C=O) groups is 1. The van der Waals surface area contributed by atoms with Crippen molar-refractivity contribution in [2.75, 3.05) is 18.0 Å². The van der Waals surface area contributed by atoms with Crippen LogP contribution >= 0.6 is 0 Å². The van der Waals surface area contributed by atoms with Crippen LogP contribution < -0.4 is 10.2 Å². The third-order valence-corrected chi connectivity index (χ3v) is 5.46. The summed E-state index contributed by atoms with van der Waals surface area (Å²) in [5.41, 5.74) is 0.477. The zero-order valence-electron chi connectivity index (χ0n) is 16.0. The number of hydrogen-bond acceptors (Lipinski definition) is 6. The topological polar surface area (TPSA) is 104 Å². The van der Waals surface area contributed by atoms with Gasteiger partial charge >= 0.3 is 0 Å². The standard InChI is InChI=1S/C20H19FN8O/c21-15-4-2-1-3-14(15)7-20(19(30)24-8-16-25-13-26-27-16)11-28(12-20)18-10-22-9-17-23-5-6-29(17)18/h1-6,9-10,13H,7-8,11-12H2,(H,24,30)(H,25,26,27). The molecule has 0 saturated carbocycles. The van der Waals surface area contributed by atoms with Crippen molar-refractivity contribution in [1.29, 1.82) is 0 Å². The van der Waals surface area contributed by atoms with Crippen LogP contribution in [0.1, 0.15) is 11.4 Å². The van der Waals surface area contributed by atoms with Gasteiger partial charge in [0, 0.05) is 25.5 Å². The van der Waals surface area contributed by atoms with Gasteiger partial charge in [-0.3, -0.25) is 19.3 Å². The summed E-state index contributed by atoms with van der Waals surface area (Å²) in [5.74, 6) is 0.950. The molecule has 1 saturated heterocycles. The van der Waals surface area contributed by atoms with Crippen LogP contribution in [-0.2, 0) is 17.8 Å². The second-order valence-electron chi connectivity index (χ2n) is 7.44. The monoisotopic (exact) mass is 406 g/mol. The first-order valence-electron chi connectivity index (χ1n) is 9.53. The number of nitrogens with one attached hydrogen (secondary N) is 2. The first-order chi connectivity index (χ1) is 14.6. The number of amides is 1. The molecule has 0 radical (unpaired) electrons. The van der Waals surface area contributed by atoms with Crippen LogP contribution in [0, 0.1) is 11.2 Å². The molecule has 0 aliphatic carbocycles. The summed E-state index contributed by atoms with van der Waals surface area (Å²) in [4.78, 5) is 27.8. The van der Waals surface area contributed by atoms with Gasteiger partial charge in [0.2, 0.25) is 5.91 Å². The second kappa shape index (κ2) is 7.21. The molecule has 152 valence electrons. The molecule has 0 unspecified atom stereocenters. The van der Waals surface area contributed by atoms with Crippen molar-refractivity contribution >= 4 is 17.4 Å². The summed E-state index contributed by atoms with van der Waals surface area (Å²) in [7, 11) is 0. The highest BCUT2D eigenvalue weighted by atomic mass is 19.1. The summed E-state index contributed by atoms with van der Waals surface area (Å²) in [6, 6.07) is 6.57. The number of rotatable bonds is 6. The SMILES string of the molecule is O=C(NCc1ncn[nH]1)C1(Cc2ccccc2F)CN(c2cncc3nccn23)C1. The molecule has 0 atom stereocenters. The summed E-state index contributed by atoms with van der Waals surface area (Å²) >= 11 is 0. The number of fused-ring (bicyclic) bond motifs is 1. The van der Waals surface area contributed by atoms with E-state index < -0.39 is 5.41 Å². The highest BCUT2D eigenvalue weighted by Crippen LogP contribution is 2.38. The maximum atomic E-state index is 14.3. The maximum Gasteiger partial charge on any atom is 0.230 e. The lowest BCUT2D eigenvalue weighted by atomic mass is 9.73. The average molecular weight is 406 g/mol. The number of nitrogens with zero attached hydrogens (tertiary/aromatic N) is 6. The summed E-state index contributed by atoms with van der Waals surface area (Å²) < 4.78 is 16.3. The van der Waals surface area contributed by atoms with Crippen molar-refractivity contribution in [2.24, 2.45) is 5.41 Å². The fraction of sp³-hybridized carbons (Fsp3) is 0.250. The molecular weight excluding hydrogens is 387 g/mol. The van der Waals surface area contributed by atoms with Gasteiger partial charge in [-0.2, -0.15) is 5.10 Å². The Morgan fingerprint density at radius 1 is 1.23 bits per heavy atom. The predicted molar refractivity (Wildman–Crippen MR) is 106 cm³/mol. The smallest absolute Gasteiger partial charge is 0.230 e. The predicted octanol–water partition coefficient (Wildman–Crippen LogP) is 1.35. The lowest BCUT2D eigenvalue weighted by Crippen LogP contribution is -2.64. The Bertz CT molecular complexity index is 1180. The zero-order valence-corrected chi connectivity index (χ0v) is 16.0. The maximum absolute atomic E-state index is 14.3. The van der Waals surface area contributed by atoms with Crippen molar-refractivity contribution in [3.05, 3.63) is 72.6 Å². The van der Waals surface area contributed by atoms with E-state index in [4.69, 9.17) is 0 Å². The molecule has 4 aromatic rings. The van der Waals surface area contributed by atoms with Gasteiger partial charge in [0.1, 0.15) is 23.8 Å². The number of imidazole rings is 1. The van der Waals surface area contributed by atoms with Gasteiger partial charge < -0.3 is 10.2 Å². The molecule has 1 fully saturated rings. The number of aromatic amines is 1. The minimum absolute atomic E-state index is 0.149. The minimum Gasteiger partial charge on any atom is -0.354 e. The highest BCUT2D eigenvalue weighted by molar-refractivity contribution is 5.86. The Morgan fingerprint density at radius 2 is 2.10 bits per heavy atom. The van der Waals surface area contributed by atoms with Gasteiger partial charge in [-0.05, 0) is 18.1 Å². The molecule has 1 aliphatic heterocycles. The Kier molecular flexibility index (Phi) is 4.38. The molecule has 1 aliphatic rings. The van der Waals surface area contributed by atoms with E-state index >= 15 is 0 Å². The van der Waals surface area contributed by atoms with Gasteiger partial charge in [0.05, 0.1) is 24.4 Å². The quantitative estimate of drug-likeness (QED) is 0.501. The number of halogens is 1. The first-order valence-corrected chi connectivity index (χ1v) is 9.53. The molecule has 4 heterocycles. The van der Waals surface area contributed by atoms with E-state index in [0.29, 0.717) is 30.9 Å². The summed E-state index contributed by atoms with van der Waals surface area (Å²) in [5, 5.41) is 9.43. The Morgan fingerprint density at radius 3 is 2.90 bits per heavy atom. The Hall–Kier alpha value is -3.82. The van der Waals surface area contributed by atoms with E-state index in [9.17, 15) is 9.18 Å². The molecule has 0 spiro atoms. The van der Waals surface area contributed by atoms with Crippen LogP contribution in [0.15, 0.2) is 55.4 Å². The lowest BCUT2D eigenvalue weighted by molar-refractivity contribution is -0.132. The Balaban J connectivity index is 1.40. The van der Waals surface area contributed by atoms with Crippen molar-refractivity contribution < 1.29 is 9.18 Å². The molecular formula is C20H19FN8O. The number of H-pyrrole nitrogens is 1. The van der Waals surface area contributed by atoms with Crippen LogP contribution in [0.3, 0.4) is 0 Å². The minimum atomic E-state index is -0.773. The molecule has 1 amide bonds. The van der Waals surface area contributed by atoms with Crippen LogP contribution in [0.2, 0.25) is 0 Å².